The van der Waals surface area contributed by atoms with Crippen molar-refractivity contribution in [1.29, 1.82) is 0 Å². The van der Waals surface area contributed by atoms with Gasteiger partial charge in [0.1, 0.15) is 18.0 Å². The molecule has 0 radical (unpaired) electrons. The maximum atomic E-state index is 12.4. The summed E-state index contributed by atoms with van der Waals surface area (Å²) in [7, 11) is 3.23. The van der Waals surface area contributed by atoms with Crippen LogP contribution in [0.1, 0.15) is 10.4 Å². The van der Waals surface area contributed by atoms with Crippen molar-refractivity contribution < 1.29 is 14.5 Å². The Morgan fingerprint density at radius 1 is 1.25 bits per heavy atom. The van der Waals surface area contributed by atoms with Crippen molar-refractivity contribution in [3.8, 4) is 5.75 Å². The first-order chi connectivity index (χ1) is 11.5. The highest BCUT2D eigenvalue weighted by Crippen LogP contribution is 2.25. The number of nitro benzene ring substituents is 1. The van der Waals surface area contributed by atoms with Crippen molar-refractivity contribution in [2.75, 3.05) is 32.6 Å². The van der Waals surface area contributed by atoms with Crippen molar-refractivity contribution in [2.45, 2.75) is 0 Å². The highest BCUT2D eigenvalue weighted by atomic mass is 16.6. The number of nitrogens with zero attached hydrogens (tertiary/aromatic N) is 2. The molecule has 7 nitrogen and oxygen atoms in total. The molecule has 0 atom stereocenters. The predicted molar refractivity (Wildman–Crippen MR) is 91.5 cm³/mol. The normalized spacial score (nSPS) is 10.1. The van der Waals surface area contributed by atoms with Gasteiger partial charge in [0.2, 0.25) is 0 Å². The highest BCUT2D eigenvalue weighted by Gasteiger charge is 2.19. The molecule has 24 heavy (non-hydrogen) atoms. The summed E-state index contributed by atoms with van der Waals surface area (Å²) >= 11 is 0. The number of nitrogens with one attached hydrogen (secondary N) is 1. The minimum Gasteiger partial charge on any atom is -0.492 e. The van der Waals surface area contributed by atoms with Crippen LogP contribution < -0.4 is 10.1 Å². The van der Waals surface area contributed by atoms with Gasteiger partial charge >= 0.3 is 0 Å². The van der Waals surface area contributed by atoms with E-state index in [4.69, 9.17) is 4.74 Å². The molecule has 0 heterocycles. The molecule has 0 saturated carbocycles. The van der Waals surface area contributed by atoms with Crippen LogP contribution in [0.2, 0.25) is 0 Å². The van der Waals surface area contributed by atoms with E-state index in [1.165, 1.54) is 17.0 Å². The number of benzene rings is 2. The molecule has 2 rings (SSSR count). The average molecular weight is 329 g/mol. The van der Waals surface area contributed by atoms with Crippen molar-refractivity contribution in [2.24, 2.45) is 0 Å². The highest BCUT2D eigenvalue weighted by molar-refractivity contribution is 5.95. The Kier molecular flexibility index (Phi) is 5.73. The van der Waals surface area contributed by atoms with E-state index < -0.39 is 4.92 Å². The molecular formula is C17H19N3O4. The number of hydrogen-bond acceptors (Lipinski definition) is 5. The van der Waals surface area contributed by atoms with Crippen LogP contribution >= 0.6 is 0 Å². The van der Waals surface area contributed by atoms with Crippen LogP contribution in [0.5, 0.6) is 5.75 Å². The number of rotatable bonds is 7. The summed E-state index contributed by atoms with van der Waals surface area (Å²) in [4.78, 5) is 24.4. The summed E-state index contributed by atoms with van der Waals surface area (Å²) in [5, 5.41) is 13.8. The lowest BCUT2D eigenvalue weighted by molar-refractivity contribution is -0.384. The Balaban J connectivity index is 2.00. The zero-order valence-corrected chi connectivity index (χ0v) is 13.6. The molecule has 0 bridgehead atoms. The number of para-hydroxylation sites is 1. The lowest BCUT2D eigenvalue weighted by Gasteiger charge is -2.17. The molecule has 0 saturated heterocycles. The maximum Gasteiger partial charge on any atom is 0.293 e. The van der Waals surface area contributed by atoms with Crippen molar-refractivity contribution >= 4 is 17.3 Å². The number of carbonyl (C=O) groups excluding carboxylic acids is 1. The molecule has 0 aliphatic heterocycles. The van der Waals surface area contributed by atoms with Crippen LogP contribution in [0.3, 0.4) is 0 Å². The van der Waals surface area contributed by atoms with E-state index >= 15 is 0 Å². The van der Waals surface area contributed by atoms with E-state index in [1.807, 2.05) is 30.3 Å². The van der Waals surface area contributed by atoms with Crippen LogP contribution in [0.15, 0.2) is 48.5 Å². The number of nitro groups is 1. The van der Waals surface area contributed by atoms with Gasteiger partial charge in [0.15, 0.2) is 0 Å². The van der Waals surface area contributed by atoms with Gasteiger partial charge in [-0.3, -0.25) is 14.9 Å². The quantitative estimate of drug-likeness (QED) is 0.624. The summed E-state index contributed by atoms with van der Waals surface area (Å²) in [6.45, 7) is 0.707. The molecule has 0 unspecified atom stereocenters. The van der Waals surface area contributed by atoms with E-state index in [9.17, 15) is 14.9 Å². The van der Waals surface area contributed by atoms with Gasteiger partial charge in [-0.15, -0.1) is 0 Å². The molecule has 0 aromatic heterocycles. The molecule has 0 aliphatic rings. The molecule has 0 spiro atoms. The fraction of sp³-hybridized carbons (Fsp3) is 0.235. The maximum absolute atomic E-state index is 12.4. The Morgan fingerprint density at radius 3 is 2.58 bits per heavy atom. The lowest BCUT2D eigenvalue weighted by atomic mass is 10.1. The van der Waals surface area contributed by atoms with Crippen LogP contribution in [-0.2, 0) is 0 Å². The van der Waals surface area contributed by atoms with Crippen LogP contribution in [0, 0.1) is 10.1 Å². The molecule has 7 heteroatoms. The number of carbonyl (C=O) groups is 1. The Hall–Kier alpha value is -3.09. The molecule has 0 aliphatic carbocycles. The van der Waals surface area contributed by atoms with E-state index in [2.05, 4.69) is 5.32 Å². The lowest BCUT2D eigenvalue weighted by Crippen LogP contribution is -2.30. The molecule has 1 amide bonds. The van der Waals surface area contributed by atoms with Crippen molar-refractivity contribution in [3.05, 3.63) is 64.2 Å². The van der Waals surface area contributed by atoms with Crippen LogP contribution in [-0.4, -0.2) is 43.0 Å². The standard InChI is InChI=1S/C17H19N3O4/c1-18-15-9-8-13(12-16(15)20(22)23)17(21)19(2)10-11-24-14-6-4-3-5-7-14/h3-9,12,18H,10-11H2,1-2H3. The third-order valence-corrected chi connectivity index (χ3v) is 3.50. The van der Waals surface area contributed by atoms with Gasteiger partial charge in [-0.05, 0) is 24.3 Å². The molecule has 2 aromatic rings. The predicted octanol–water partition coefficient (Wildman–Crippen LogP) is 2.79. The van der Waals surface area contributed by atoms with E-state index in [1.54, 1.807) is 20.2 Å². The average Bonchev–Trinajstić information content (AvgIpc) is 2.61. The van der Waals surface area contributed by atoms with Crippen LogP contribution in [0.25, 0.3) is 0 Å². The third-order valence-electron chi connectivity index (χ3n) is 3.50. The summed E-state index contributed by atoms with van der Waals surface area (Å²) in [6.07, 6.45) is 0. The van der Waals surface area contributed by atoms with Gasteiger partial charge in [0, 0.05) is 25.7 Å². The first-order valence-corrected chi connectivity index (χ1v) is 7.42. The van der Waals surface area contributed by atoms with Crippen molar-refractivity contribution in [1.82, 2.24) is 4.90 Å². The Morgan fingerprint density at radius 2 is 1.96 bits per heavy atom. The molecular weight excluding hydrogens is 310 g/mol. The van der Waals surface area contributed by atoms with E-state index in [0.29, 0.717) is 18.8 Å². The number of amides is 1. The zero-order valence-electron chi connectivity index (χ0n) is 13.6. The third kappa shape index (κ3) is 4.22. The van der Waals surface area contributed by atoms with Gasteiger partial charge in [0.25, 0.3) is 11.6 Å². The molecule has 1 N–H and O–H groups in total. The summed E-state index contributed by atoms with van der Waals surface area (Å²) in [6, 6.07) is 13.7. The minimum atomic E-state index is -0.513. The summed E-state index contributed by atoms with van der Waals surface area (Å²) in [5.41, 5.74) is 0.506. The van der Waals surface area contributed by atoms with Gasteiger partial charge in [-0.25, -0.2) is 0 Å². The number of hydrogen-bond donors (Lipinski definition) is 1. The molecule has 0 fully saturated rings. The summed E-state index contributed by atoms with van der Waals surface area (Å²) in [5.74, 6) is 0.435. The number of anilines is 1. The number of ether oxygens (including phenoxy) is 1. The van der Waals surface area contributed by atoms with Gasteiger partial charge in [-0.1, -0.05) is 18.2 Å². The smallest absolute Gasteiger partial charge is 0.293 e. The summed E-state index contributed by atoms with van der Waals surface area (Å²) < 4.78 is 5.55. The Labute approximate surface area is 140 Å². The first-order valence-electron chi connectivity index (χ1n) is 7.42. The monoisotopic (exact) mass is 329 g/mol. The Bertz CT molecular complexity index is 719. The van der Waals surface area contributed by atoms with E-state index in [0.717, 1.165) is 5.75 Å². The molecule has 126 valence electrons. The van der Waals surface area contributed by atoms with Crippen molar-refractivity contribution in [3.63, 3.8) is 0 Å². The zero-order chi connectivity index (χ0) is 17.5. The largest absolute Gasteiger partial charge is 0.492 e. The number of likely N-dealkylation sites (N-methyl/N-ethyl adjacent to an activating group) is 1. The second-order valence-electron chi connectivity index (χ2n) is 5.13. The van der Waals surface area contributed by atoms with E-state index in [-0.39, 0.29) is 17.2 Å². The SMILES string of the molecule is CNc1ccc(C(=O)N(C)CCOc2ccccc2)cc1[N+](=O)[O-]. The second-order valence-corrected chi connectivity index (χ2v) is 5.13. The van der Waals surface area contributed by atoms with Gasteiger partial charge in [0.05, 0.1) is 11.5 Å². The first kappa shape index (κ1) is 17.3. The fourth-order valence-electron chi connectivity index (χ4n) is 2.17. The molecule has 2 aromatic carbocycles. The van der Waals surface area contributed by atoms with Gasteiger partial charge < -0.3 is 15.0 Å². The minimum absolute atomic E-state index is 0.128. The fourth-order valence-corrected chi connectivity index (χ4v) is 2.17. The topological polar surface area (TPSA) is 84.7 Å². The van der Waals surface area contributed by atoms with Crippen LogP contribution in [0.4, 0.5) is 11.4 Å². The van der Waals surface area contributed by atoms with Gasteiger partial charge in [-0.2, -0.15) is 0 Å². The second kappa shape index (κ2) is 7.96.